The van der Waals surface area contributed by atoms with E-state index in [9.17, 15) is 4.79 Å². The summed E-state index contributed by atoms with van der Waals surface area (Å²) in [5.41, 5.74) is 2.73. The normalized spacial score (nSPS) is 22.7. The lowest BCUT2D eigenvalue weighted by atomic mass is 9.86. The number of aryl methyl sites for hydroxylation is 1. The highest BCUT2D eigenvalue weighted by Crippen LogP contribution is 2.25. The van der Waals surface area contributed by atoms with E-state index in [1.165, 1.54) is 24.0 Å². The SMILES string of the molecule is CCOC(=O)C1CCC(NC(=NC)NCC2CCN(Cc3ccc(C)cc3)CC2)CC1.I. The van der Waals surface area contributed by atoms with Crippen LogP contribution < -0.4 is 10.6 Å². The molecule has 0 unspecified atom stereocenters. The van der Waals surface area contributed by atoms with Crippen LogP contribution in [0.4, 0.5) is 0 Å². The Morgan fingerprint density at radius 2 is 1.75 bits per heavy atom. The molecular weight excluding hydrogens is 515 g/mol. The van der Waals surface area contributed by atoms with Gasteiger partial charge in [-0.05, 0) is 76.9 Å². The van der Waals surface area contributed by atoms with Gasteiger partial charge in [-0.3, -0.25) is 14.7 Å². The molecule has 0 amide bonds. The molecule has 180 valence electrons. The number of hydrogen-bond donors (Lipinski definition) is 2. The van der Waals surface area contributed by atoms with Gasteiger partial charge in [-0.2, -0.15) is 0 Å². The maximum absolute atomic E-state index is 11.9. The van der Waals surface area contributed by atoms with Gasteiger partial charge in [-0.25, -0.2) is 0 Å². The van der Waals surface area contributed by atoms with E-state index in [-0.39, 0.29) is 35.9 Å². The molecule has 2 aliphatic rings. The van der Waals surface area contributed by atoms with Crippen molar-refractivity contribution in [2.24, 2.45) is 16.8 Å². The molecular formula is C25H41IN4O2. The topological polar surface area (TPSA) is 66.0 Å². The first kappa shape index (κ1) is 26.9. The Balaban J connectivity index is 0.00000363. The first-order chi connectivity index (χ1) is 15.1. The number of esters is 1. The van der Waals surface area contributed by atoms with Gasteiger partial charge in [0.1, 0.15) is 0 Å². The van der Waals surface area contributed by atoms with E-state index >= 15 is 0 Å². The van der Waals surface area contributed by atoms with E-state index in [2.05, 4.69) is 51.7 Å². The number of rotatable bonds is 7. The quantitative estimate of drug-likeness (QED) is 0.229. The molecule has 1 heterocycles. The van der Waals surface area contributed by atoms with Crippen LogP contribution in [-0.2, 0) is 16.1 Å². The number of halogens is 1. The Bertz CT molecular complexity index is 709. The molecule has 6 nitrogen and oxygen atoms in total. The number of hydrogen-bond acceptors (Lipinski definition) is 4. The van der Waals surface area contributed by atoms with Gasteiger partial charge < -0.3 is 15.4 Å². The summed E-state index contributed by atoms with van der Waals surface area (Å²) in [6.45, 7) is 8.81. The third kappa shape index (κ3) is 8.54. The Kier molecular flexibility index (Phi) is 11.8. The fourth-order valence-corrected chi connectivity index (χ4v) is 4.66. The highest BCUT2D eigenvalue weighted by Gasteiger charge is 2.27. The van der Waals surface area contributed by atoms with Crippen LogP contribution in [0.1, 0.15) is 56.6 Å². The zero-order chi connectivity index (χ0) is 22.1. The summed E-state index contributed by atoms with van der Waals surface area (Å²) in [5.74, 6) is 1.62. The van der Waals surface area contributed by atoms with Crippen LogP contribution in [0.5, 0.6) is 0 Å². The van der Waals surface area contributed by atoms with Gasteiger partial charge in [0.2, 0.25) is 0 Å². The maximum Gasteiger partial charge on any atom is 0.308 e. The minimum absolute atomic E-state index is 0. The summed E-state index contributed by atoms with van der Waals surface area (Å²) in [6.07, 6.45) is 6.21. The molecule has 1 aliphatic heterocycles. The lowest BCUT2D eigenvalue weighted by Gasteiger charge is -2.33. The predicted octanol–water partition coefficient (Wildman–Crippen LogP) is 4.11. The average molecular weight is 557 g/mol. The molecule has 0 aromatic heterocycles. The van der Waals surface area contributed by atoms with Gasteiger partial charge in [-0.15, -0.1) is 24.0 Å². The molecule has 7 heteroatoms. The summed E-state index contributed by atoms with van der Waals surface area (Å²) in [5, 5.41) is 7.10. The molecule has 1 aromatic rings. The Morgan fingerprint density at radius 3 is 2.34 bits per heavy atom. The molecule has 0 spiro atoms. The Morgan fingerprint density at radius 1 is 1.09 bits per heavy atom. The van der Waals surface area contributed by atoms with Crippen LogP contribution in [0.25, 0.3) is 0 Å². The maximum atomic E-state index is 11.9. The Hall–Kier alpha value is -1.35. The third-order valence-electron chi connectivity index (χ3n) is 6.70. The minimum Gasteiger partial charge on any atom is -0.466 e. The summed E-state index contributed by atoms with van der Waals surface area (Å²) < 4.78 is 5.17. The molecule has 0 bridgehead atoms. The number of benzene rings is 1. The average Bonchev–Trinajstić information content (AvgIpc) is 2.79. The minimum atomic E-state index is -0.0304. The van der Waals surface area contributed by atoms with Crippen LogP contribution in [0.3, 0.4) is 0 Å². The van der Waals surface area contributed by atoms with Gasteiger partial charge >= 0.3 is 5.97 Å². The fraction of sp³-hybridized carbons (Fsp3) is 0.680. The molecule has 1 saturated heterocycles. The highest BCUT2D eigenvalue weighted by molar-refractivity contribution is 14.0. The zero-order valence-electron chi connectivity index (χ0n) is 19.9. The number of aliphatic imine (C=N–C) groups is 1. The largest absolute Gasteiger partial charge is 0.466 e. The highest BCUT2D eigenvalue weighted by atomic mass is 127. The number of carbonyl (C=O) groups is 1. The molecule has 32 heavy (non-hydrogen) atoms. The second-order valence-electron chi connectivity index (χ2n) is 9.10. The van der Waals surface area contributed by atoms with Gasteiger partial charge in [-0.1, -0.05) is 29.8 Å². The second kappa shape index (κ2) is 14.0. The van der Waals surface area contributed by atoms with Crippen LogP contribution >= 0.6 is 24.0 Å². The standard InChI is InChI=1S/C25H40N4O2.HI/c1-4-31-24(30)22-9-11-23(12-10-22)28-25(26-3)27-17-20-13-15-29(16-14-20)18-21-7-5-19(2)6-8-21;/h5-8,20,22-23H,4,9-18H2,1-3H3,(H2,26,27,28);1H. The number of guanidine groups is 1. The van der Waals surface area contributed by atoms with E-state index in [1.54, 1.807) is 0 Å². The van der Waals surface area contributed by atoms with E-state index in [0.717, 1.165) is 57.8 Å². The van der Waals surface area contributed by atoms with Crippen LogP contribution in [0.15, 0.2) is 29.3 Å². The Labute approximate surface area is 211 Å². The number of piperidine rings is 1. The summed E-state index contributed by atoms with van der Waals surface area (Å²) >= 11 is 0. The van der Waals surface area contributed by atoms with Gasteiger partial charge in [0, 0.05) is 26.2 Å². The van der Waals surface area contributed by atoms with Gasteiger partial charge in [0.05, 0.1) is 12.5 Å². The zero-order valence-corrected chi connectivity index (χ0v) is 22.3. The van der Waals surface area contributed by atoms with E-state index in [0.29, 0.717) is 18.6 Å². The van der Waals surface area contributed by atoms with Crippen LogP contribution in [0.2, 0.25) is 0 Å². The number of carbonyl (C=O) groups excluding carboxylic acids is 1. The first-order valence-electron chi connectivity index (χ1n) is 12.0. The lowest BCUT2D eigenvalue weighted by Crippen LogP contribution is -2.47. The lowest BCUT2D eigenvalue weighted by molar-refractivity contribution is -0.149. The molecule has 2 N–H and O–H groups in total. The van der Waals surface area contributed by atoms with Crippen LogP contribution in [-0.4, -0.2) is 56.2 Å². The monoisotopic (exact) mass is 556 g/mol. The predicted molar refractivity (Wildman–Crippen MR) is 141 cm³/mol. The molecule has 0 atom stereocenters. The number of likely N-dealkylation sites (tertiary alicyclic amines) is 1. The smallest absolute Gasteiger partial charge is 0.308 e. The van der Waals surface area contributed by atoms with Crippen molar-refractivity contribution >= 4 is 35.9 Å². The third-order valence-corrected chi connectivity index (χ3v) is 6.70. The molecule has 1 aliphatic carbocycles. The van der Waals surface area contributed by atoms with Crippen molar-refractivity contribution in [2.45, 2.75) is 65.0 Å². The first-order valence-corrected chi connectivity index (χ1v) is 12.0. The van der Waals surface area contributed by atoms with Gasteiger partial charge in [0.15, 0.2) is 5.96 Å². The summed E-state index contributed by atoms with van der Waals surface area (Å²) in [7, 11) is 1.84. The number of ether oxygens (including phenoxy) is 1. The van der Waals surface area contributed by atoms with Crippen molar-refractivity contribution in [3.05, 3.63) is 35.4 Å². The van der Waals surface area contributed by atoms with Crippen molar-refractivity contribution in [1.29, 1.82) is 0 Å². The summed E-state index contributed by atoms with van der Waals surface area (Å²) in [4.78, 5) is 18.9. The van der Waals surface area contributed by atoms with Crippen molar-refractivity contribution in [1.82, 2.24) is 15.5 Å². The molecule has 3 rings (SSSR count). The van der Waals surface area contributed by atoms with Crippen LogP contribution in [0, 0.1) is 18.8 Å². The summed E-state index contributed by atoms with van der Waals surface area (Å²) in [6, 6.07) is 9.28. The van der Waals surface area contributed by atoms with Crippen molar-refractivity contribution in [3.63, 3.8) is 0 Å². The molecule has 1 aromatic carbocycles. The van der Waals surface area contributed by atoms with Crippen molar-refractivity contribution in [2.75, 3.05) is 33.3 Å². The van der Waals surface area contributed by atoms with Gasteiger partial charge in [0.25, 0.3) is 0 Å². The van der Waals surface area contributed by atoms with Crippen molar-refractivity contribution in [3.8, 4) is 0 Å². The van der Waals surface area contributed by atoms with Crippen molar-refractivity contribution < 1.29 is 9.53 Å². The number of nitrogens with zero attached hydrogens (tertiary/aromatic N) is 2. The number of nitrogens with one attached hydrogen (secondary N) is 2. The molecule has 1 saturated carbocycles. The molecule has 0 radical (unpaired) electrons. The fourth-order valence-electron chi connectivity index (χ4n) is 4.66. The van der Waals surface area contributed by atoms with E-state index in [1.807, 2.05) is 14.0 Å². The van der Waals surface area contributed by atoms with E-state index in [4.69, 9.17) is 4.74 Å². The second-order valence-corrected chi connectivity index (χ2v) is 9.10. The van der Waals surface area contributed by atoms with E-state index < -0.39 is 0 Å². The molecule has 2 fully saturated rings.